The number of nitrogens with zero attached hydrogens (tertiary/aromatic N) is 2. The molecule has 0 aromatic carbocycles. The van der Waals surface area contributed by atoms with Gasteiger partial charge in [0.2, 0.25) is 0 Å². The van der Waals surface area contributed by atoms with Crippen LogP contribution in [0.1, 0.15) is 27.2 Å². The predicted molar refractivity (Wildman–Crippen MR) is 79.0 cm³/mol. The smallest absolute Gasteiger partial charge is 0.0791 e. The van der Waals surface area contributed by atoms with Crippen molar-refractivity contribution in [1.29, 1.82) is 0 Å². The minimum atomic E-state index is -0.266. The second kappa shape index (κ2) is 10.7. The number of aliphatic hydroxyl groups is 1. The molecule has 0 aliphatic rings. The van der Waals surface area contributed by atoms with Crippen molar-refractivity contribution in [2.75, 3.05) is 53.4 Å². The van der Waals surface area contributed by atoms with Crippen LogP contribution in [0.15, 0.2) is 0 Å². The highest BCUT2D eigenvalue weighted by atomic mass is 16.3. The van der Waals surface area contributed by atoms with Crippen molar-refractivity contribution in [3.63, 3.8) is 0 Å². The van der Waals surface area contributed by atoms with E-state index in [1.807, 2.05) is 0 Å². The summed E-state index contributed by atoms with van der Waals surface area (Å²) in [6.07, 6.45) is 0.848. The summed E-state index contributed by atoms with van der Waals surface area (Å²) >= 11 is 0. The van der Waals surface area contributed by atoms with Gasteiger partial charge in [-0.2, -0.15) is 0 Å². The highest BCUT2D eigenvalue weighted by Crippen LogP contribution is 2.00. The summed E-state index contributed by atoms with van der Waals surface area (Å²) in [6.45, 7) is 12.2. The first-order valence-electron chi connectivity index (χ1n) is 7.21. The molecule has 0 aromatic heterocycles. The molecule has 0 aliphatic heterocycles. The largest absolute Gasteiger partial charge is 0.390 e. The van der Waals surface area contributed by atoms with Crippen LogP contribution in [0.5, 0.6) is 0 Å². The van der Waals surface area contributed by atoms with Crippen LogP contribution in [-0.2, 0) is 0 Å². The molecule has 0 spiro atoms. The van der Waals surface area contributed by atoms with Crippen LogP contribution in [0.4, 0.5) is 0 Å². The van der Waals surface area contributed by atoms with Crippen molar-refractivity contribution in [2.24, 2.45) is 5.92 Å². The molecule has 0 saturated carbocycles. The Balaban J connectivity index is 3.96. The normalized spacial score (nSPS) is 13.8. The van der Waals surface area contributed by atoms with Crippen molar-refractivity contribution < 1.29 is 5.11 Å². The van der Waals surface area contributed by atoms with Crippen LogP contribution in [0.3, 0.4) is 0 Å². The Kier molecular flexibility index (Phi) is 10.6. The van der Waals surface area contributed by atoms with Gasteiger partial charge in [-0.25, -0.2) is 0 Å². The molecule has 0 bridgehead atoms. The number of hydrogen-bond acceptors (Lipinski definition) is 4. The summed E-state index contributed by atoms with van der Waals surface area (Å²) in [6, 6.07) is 0. The number of nitrogens with one attached hydrogen (secondary N) is 1. The minimum absolute atomic E-state index is 0.266. The van der Waals surface area contributed by atoms with E-state index in [1.54, 1.807) is 0 Å². The molecule has 0 fully saturated rings. The van der Waals surface area contributed by atoms with E-state index in [-0.39, 0.29) is 6.10 Å². The van der Waals surface area contributed by atoms with Crippen molar-refractivity contribution in [3.05, 3.63) is 0 Å². The quantitative estimate of drug-likeness (QED) is 0.540. The van der Waals surface area contributed by atoms with Crippen LogP contribution in [0.25, 0.3) is 0 Å². The van der Waals surface area contributed by atoms with E-state index in [0.717, 1.165) is 39.1 Å². The summed E-state index contributed by atoms with van der Waals surface area (Å²) in [5, 5.41) is 13.3. The fourth-order valence-electron chi connectivity index (χ4n) is 1.92. The van der Waals surface area contributed by atoms with E-state index in [1.165, 1.54) is 0 Å². The van der Waals surface area contributed by atoms with E-state index < -0.39 is 0 Å². The Bertz CT molecular complexity index is 186. The monoisotopic (exact) mass is 259 g/mol. The average Bonchev–Trinajstić information content (AvgIpc) is 2.25. The molecule has 0 saturated heterocycles. The number of hydrogen-bond donors (Lipinski definition) is 2. The fraction of sp³-hybridized carbons (Fsp3) is 1.00. The first-order valence-corrected chi connectivity index (χ1v) is 7.21. The molecule has 1 atom stereocenters. The van der Waals surface area contributed by atoms with E-state index >= 15 is 0 Å². The lowest BCUT2D eigenvalue weighted by Crippen LogP contribution is -2.42. The summed E-state index contributed by atoms with van der Waals surface area (Å²) < 4.78 is 0. The molecule has 110 valence electrons. The fourth-order valence-corrected chi connectivity index (χ4v) is 1.92. The van der Waals surface area contributed by atoms with Crippen LogP contribution in [0.2, 0.25) is 0 Å². The number of rotatable bonds is 11. The third kappa shape index (κ3) is 11.0. The Morgan fingerprint density at radius 2 is 1.78 bits per heavy atom. The molecule has 0 rings (SSSR count). The van der Waals surface area contributed by atoms with Gasteiger partial charge in [0, 0.05) is 32.7 Å². The van der Waals surface area contributed by atoms with Gasteiger partial charge in [-0.3, -0.25) is 4.90 Å². The van der Waals surface area contributed by atoms with E-state index in [0.29, 0.717) is 12.5 Å². The van der Waals surface area contributed by atoms with Crippen LogP contribution in [0, 0.1) is 5.92 Å². The van der Waals surface area contributed by atoms with Crippen LogP contribution in [-0.4, -0.2) is 74.4 Å². The van der Waals surface area contributed by atoms with Gasteiger partial charge in [0.25, 0.3) is 0 Å². The van der Waals surface area contributed by atoms with Gasteiger partial charge in [0.1, 0.15) is 0 Å². The zero-order valence-corrected chi connectivity index (χ0v) is 12.9. The van der Waals surface area contributed by atoms with Gasteiger partial charge in [-0.1, -0.05) is 20.8 Å². The Labute approximate surface area is 113 Å². The lowest BCUT2D eigenvalue weighted by atomic mass is 10.2. The summed E-state index contributed by atoms with van der Waals surface area (Å²) in [5.74, 6) is 0.642. The molecule has 2 N–H and O–H groups in total. The third-order valence-electron chi connectivity index (χ3n) is 2.76. The van der Waals surface area contributed by atoms with E-state index in [9.17, 15) is 5.11 Å². The molecule has 0 heterocycles. The topological polar surface area (TPSA) is 38.7 Å². The Morgan fingerprint density at radius 1 is 1.11 bits per heavy atom. The highest BCUT2D eigenvalue weighted by Gasteiger charge is 2.12. The van der Waals surface area contributed by atoms with Crippen LogP contribution < -0.4 is 5.32 Å². The van der Waals surface area contributed by atoms with E-state index in [2.05, 4.69) is 50.0 Å². The zero-order valence-electron chi connectivity index (χ0n) is 12.9. The maximum absolute atomic E-state index is 10.0. The van der Waals surface area contributed by atoms with Gasteiger partial charge in [-0.05, 0) is 33.0 Å². The van der Waals surface area contributed by atoms with Crippen molar-refractivity contribution >= 4 is 0 Å². The SMILES string of the molecule is CCCNCC(O)CN(CCN(C)C)CC(C)C. The van der Waals surface area contributed by atoms with Gasteiger partial charge in [0.15, 0.2) is 0 Å². The summed E-state index contributed by atoms with van der Waals surface area (Å²) in [5.41, 5.74) is 0. The Morgan fingerprint density at radius 3 is 2.28 bits per heavy atom. The average molecular weight is 259 g/mol. The summed E-state index contributed by atoms with van der Waals surface area (Å²) in [7, 11) is 4.18. The highest BCUT2D eigenvalue weighted by molar-refractivity contribution is 4.69. The maximum atomic E-state index is 10.0. The van der Waals surface area contributed by atoms with Gasteiger partial charge in [0.05, 0.1) is 6.10 Å². The summed E-state index contributed by atoms with van der Waals surface area (Å²) in [4.78, 5) is 4.55. The molecular weight excluding hydrogens is 226 g/mol. The van der Waals surface area contributed by atoms with Crippen molar-refractivity contribution in [1.82, 2.24) is 15.1 Å². The van der Waals surface area contributed by atoms with Crippen LogP contribution >= 0.6 is 0 Å². The lowest BCUT2D eigenvalue weighted by molar-refractivity contribution is 0.100. The van der Waals surface area contributed by atoms with Gasteiger partial charge < -0.3 is 15.3 Å². The molecule has 18 heavy (non-hydrogen) atoms. The molecule has 0 amide bonds. The molecule has 4 nitrogen and oxygen atoms in total. The molecule has 0 aliphatic carbocycles. The molecular formula is C14H33N3O. The molecule has 0 aromatic rings. The minimum Gasteiger partial charge on any atom is -0.390 e. The molecule has 0 radical (unpaired) electrons. The molecule has 1 unspecified atom stereocenters. The number of likely N-dealkylation sites (N-methyl/N-ethyl adjacent to an activating group) is 1. The molecule has 4 heteroatoms. The second-order valence-corrected chi connectivity index (χ2v) is 5.81. The Hall–Kier alpha value is -0.160. The van der Waals surface area contributed by atoms with Crippen molar-refractivity contribution in [2.45, 2.75) is 33.3 Å². The second-order valence-electron chi connectivity index (χ2n) is 5.81. The predicted octanol–water partition coefficient (Wildman–Crippen LogP) is 0.867. The van der Waals surface area contributed by atoms with Crippen molar-refractivity contribution in [3.8, 4) is 0 Å². The standard InChI is InChI=1S/C14H33N3O/c1-6-7-15-10-14(18)12-17(11-13(2)3)9-8-16(4)5/h13-15,18H,6-12H2,1-5H3. The zero-order chi connectivity index (χ0) is 14.0. The van der Waals surface area contributed by atoms with E-state index in [4.69, 9.17) is 0 Å². The first-order chi connectivity index (χ1) is 8.45. The maximum Gasteiger partial charge on any atom is 0.0791 e. The first kappa shape index (κ1) is 17.8. The van der Waals surface area contributed by atoms with Gasteiger partial charge in [-0.15, -0.1) is 0 Å². The lowest BCUT2D eigenvalue weighted by Gasteiger charge is -2.28. The third-order valence-corrected chi connectivity index (χ3v) is 2.76. The number of aliphatic hydroxyl groups excluding tert-OH is 1. The van der Waals surface area contributed by atoms with Gasteiger partial charge >= 0.3 is 0 Å².